The second-order valence-electron chi connectivity index (χ2n) is 5.80. The molecule has 0 saturated carbocycles. The maximum atomic E-state index is 12.1. The monoisotopic (exact) mass is 370 g/mol. The minimum atomic E-state index is -0.603. The molecule has 140 valence electrons. The summed E-state index contributed by atoms with van der Waals surface area (Å²) in [4.78, 5) is 23.9. The van der Waals surface area contributed by atoms with Crippen LogP contribution in [0.15, 0.2) is 51.7 Å². The molecule has 7 nitrogen and oxygen atoms in total. The van der Waals surface area contributed by atoms with Gasteiger partial charge in [-0.3, -0.25) is 4.79 Å². The molecule has 0 fully saturated rings. The summed E-state index contributed by atoms with van der Waals surface area (Å²) in [5.74, 6) is 0.336. The van der Waals surface area contributed by atoms with Gasteiger partial charge in [0.1, 0.15) is 17.9 Å². The Morgan fingerprint density at radius 2 is 1.81 bits per heavy atom. The molecule has 2 aromatic carbocycles. The van der Waals surface area contributed by atoms with Gasteiger partial charge in [0.25, 0.3) is 0 Å². The predicted molar refractivity (Wildman–Crippen MR) is 97.2 cm³/mol. The highest BCUT2D eigenvalue weighted by atomic mass is 16.5. The van der Waals surface area contributed by atoms with Crippen LogP contribution in [0.2, 0.25) is 0 Å². The van der Waals surface area contributed by atoms with Crippen molar-refractivity contribution in [3.63, 3.8) is 0 Å². The van der Waals surface area contributed by atoms with Gasteiger partial charge in [-0.25, -0.2) is 4.79 Å². The van der Waals surface area contributed by atoms with Crippen LogP contribution in [0.4, 0.5) is 0 Å². The van der Waals surface area contributed by atoms with Crippen LogP contribution >= 0.6 is 0 Å². The van der Waals surface area contributed by atoms with Gasteiger partial charge in [-0.05, 0) is 23.8 Å². The highest BCUT2D eigenvalue weighted by molar-refractivity contribution is 5.84. The third kappa shape index (κ3) is 4.20. The summed E-state index contributed by atoms with van der Waals surface area (Å²) in [5.41, 5.74) is 0.822. The molecular formula is C20H18O7. The number of esters is 1. The maximum Gasteiger partial charge on any atom is 0.336 e. The van der Waals surface area contributed by atoms with Crippen molar-refractivity contribution in [2.75, 3.05) is 14.2 Å². The molecule has 3 rings (SSSR count). The Labute approximate surface area is 154 Å². The molecular weight excluding hydrogens is 352 g/mol. The van der Waals surface area contributed by atoms with Crippen LogP contribution in [0.3, 0.4) is 0 Å². The molecule has 1 aromatic heterocycles. The van der Waals surface area contributed by atoms with Crippen LogP contribution in [-0.2, 0) is 22.6 Å². The zero-order valence-electron chi connectivity index (χ0n) is 14.9. The van der Waals surface area contributed by atoms with Crippen LogP contribution in [0, 0.1) is 0 Å². The number of hydrogen-bond donors (Lipinski definition) is 1. The van der Waals surface area contributed by atoms with Crippen molar-refractivity contribution in [3.05, 3.63) is 64.0 Å². The highest BCUT2D eigenvalue weighted by Gasteiger charge is 2.13. The Balaban J connectivity index is 1.77. The quantitative estimate of drug-likeness (QED) is 0.526. The van der Waals surface area contributed by atoms with Crippen LogP contribution in [0.25, 0.3) is 11.0 Å². The first-order chi connectivity index (χ1) is 13.0. The smallest absolute Gasteiger partial charge is 0.336 e. The van der Waals surface area contributed by atoms with Gasteiger partial charge < -0.3 is 23.7 Å². The van der Waals surface area contributed by atoms with E-state index >= 15 is 0 Å². The van der Waals surface area contributed by atoms with Gasteiger partial charge in [0.15, 0.2) is 11.5 Å². The van der Waals surface area contributed by atoms with E-state index in [2.05, 4.69) is 0 Å². The fraction of sp³-hybridized carbons (Fsp3) is 0.200. The first-order valence-corrected chi connectivity index (χ1v) is 8.12. The van der Waals surface area contributed by atoms with E-state index in [0.29, 0.717) is 16.7 Å². The Hall–Kier alpha value is -3.48. The third-order valence-corrected chi connectivity index (χ3v) is 4.03. The number of aromatic hydroxyl groups is 1. The lowest BCUT2D eigenvalue weighted by Gasteiger charge is -2.10. The van der Waals surface area contributed by atoms with Crippen molar-refractivity contribution >= 4 is 16.9 Å². The summed E-state index contributed by atoms with van der Waals surface area (Å²) in [6.45, 7) is -0.106. The predicted octanol–water partition coefficient (Wildman–Crippen LogP) is 2.80. The lowest BCUT2D eigenvalue weighted by Crippen LogP contribution is -2.10. The highest BCUT2D eigenvalue weighted by Crippen LogP contribution is 2.32. The van der Waals surface area contributed by atoms with Crippen molar-refractivity contribution in [1.29, 1.82) is 0 Å². The number of fused-ring (bicyclic) bond motifs is 1. The normalized spacial score (nSPS) is 10.6. The number of ether oxygens (including phenoxy) is 3. The molecule has 0 atom stereocenters. The van der Waals surface area contributed by atoms with E-state index in [0.717, 1.165) is 5.56 Å². The van der Waals surface area contributed by atoms with Gasteiger partial charge in [-0.1, -0.05) is 12.1 Å². The number of carbonyl (C=O) groups excluding carboxylic acids is 1. The fourth-order valence-electron chi connectivity index (χ4n) is 2.64. The summed E-state index contributed by atoms with van der Waals surface area (Å²) in [7, 11) is 2.98. The van der Waals surface area contributed by atoms with E-state index in [4.69, 9.17) is 18.6 Å². The molecule has 0 saturated heterocycles. The molecule has 0 radical (unpaired) electrons. The second kappa shape index (κ2) is 7.82. The Morgan fingerprint density at radius 3 is 2.48 bits per heavy atom. The van der Waals surface area contributed by atoms with Gasteiger partial charge in [-0.2, -0.15) is 0 Å². The van der Waals surface area contributed by atoms with Crippen molar-refractivity contribution in [3.8, 4) is 17.2 Å². The van der Waals surface area contributed by atoms with Gasteiger partial charge in [-0.15, -0.1) is 0 Å². The molecule has 0 unspecified atom stereocenters. The number of phenols is 1. The number of hydrogen-bond acceptors (Lipinski definition) is 7. The summed E-state index contributed by atoms with van der Waals surface area (Å²) in [6, 6.07) is 11.1. The molecule has 0 amide bonds. The van der Waals surface area contributed by atoms with E-state index in [1.165, 1.54) is 25.3 Å². The number of carbonyl (C=O) groups is 1. The number of phenolic OH excluding ortho intramolecular Hbond substituents is 1. The first-order valence-electron chi connectivity index (χ1n) is 8.12. The van der Waals surface area contributed by atoms with Crippen molar-refractivity contribution in [2.45, 2.75) is 13.0 Å². The van der Waals surface area contributed by atoms with E-state index in [1.54, 1.807) is 31.4 Å². The second-order valence-corrected chi connectivity index (χ2v) is 5.80. The molecule has 3 aromatic rings. The summed E-state index contributed by atoms with van der Waals surface area (Å²) < 4.78 is 20.5. The minimum Gasteiger partial charge on any atom is -0.504 e. The van der Waals surface area contributed by atoms with Crippen LogP contribution in [0.5, 0.6) is 17.2 Å². The molecule has 1 N–H and O–H groups in total. The van der Waals surface area contributed by atoms with Crippen LogP contribution in [-0.4, -0.2) is 25.3 Å². The minimum absolute atomic E-state index is 0.0908. The van der Waals surface area contributed by atoms with E-state index in [9.17, 15) is 14.7 Å². The third-order valence-electron chi connectivity index (χ3n) is 4.03. The topological polar surface area (TPSA) is 95.2 Å². The van der Waals surface area contributed by atoms with Crippen LogP contribution in [0.1, 0.15) is 11.1 Å². The SMILES string of the molecule is COc1ccc(CC(=O)OCc2cc(=O)oc3cc(O)c(OC)cc23)cc1. The lowest BCUT2D eigenvalue weighted by molar-refractivity contribution is -0.144. The number of methoxy groups -OCH3 is 2. The van der Waals surface area contributed by atoms with Gasteiger partial charge in [0.05, 0.1) is 20.6 Å². The van der Waals surface area contributed by atoms with Crippen LogP contribution < -0.4 is 15.1 Å². The van der Waals surface area contributed by atoms with E-state index in [1.807, 2.05) is 0 Å². The average molecular weight is 370 g/mol. The number of rotatable bonds is 6. The lowest BCUT2D eigenvalue weighted by atomic mass is 10.1. The van der Waals surface area contributed by atoms with Gasteiger partial charge in [0, 0.05) is 23.1 Å². The molecule has 0 aliphatic carbocycles. The summed E-state index contributed by atoms with van der Waals surface area (Å²) in [6.07, 6.45) is 0.0908. The molecule has 7 heteroatoms. The van der Waals surface area contributed by atoms with Crippen molar-refractivity contribution in [1.82, 2.24) is 0 Å². The molecule has 27 heavy (non-hydrogen) atoms. The number of benzene rings is 2. The molecule has 0 bridgehead atoms. The summed E-state index contributed by atoms with van der Waals surface area (Å²) in [5, 5.41) is 10.3. The van der Waals surface area contributed by atoms with Crippen molar-refractivity contribution in [2.24, 2.45) is 0 Å². The average Bonchev–Trinajstić information content (AvgIpc) is 2.66. The molecule has 0 spiro atoms. The fourth-order valence-corrected chi connectivity index (χ4v) is 2.64. The standard InChI is InChI=1S/C20H18O7/c1-24-14-5-3-12(4-6-14)7-19(22)26-11-13-8-20(23)27-17-10-16(21)18(25-2)9-15(13)17/h3-6,8-10,21H,7,11H2,1-2H3. The molecule has 0 aliphatic rings. The Kier molecular flexibility index (Phi) is 5.30. The Morgan fingerprint density at radius 1 is 1.07 bits per heavy atom. The van der Waals surface area contributed by atoms with Crippen molar-refractivity contribution < 1.29 is 28.5 Å². The zero-order chi connectivity index (χ0) is 19.4. The van der Waals surface area contributed by atoms with Gasteiger partial charge >= 0.3 is 11.6 Å². The Bertz CT molecular complexity index is 1020. The van der Waals surface area contributed by atoms with E-state index < -0.39 is 11.6 Å². The van der Waals surface area contributed by atoms with E-state index in [-0.39, 0.29) is 30.1 Å². The zero-order valence-corrected chi connectivity index (χ0v) is 14.9. The van der Waals surface area contributed by atoms with Gasteiger partial charge in [0.2, 0.25) is 0 Å². The maximum absolute atomic E-state index is 12.1. The largest absolute Gasteiger partial charge is 0.504 e. The summed E-state index contributed by atoms with van der Waals surface area (Å²) >= 11 is 0. The molecule has 0 aliphatic heterocycles. The molecule has 1 heterocycles. The first kappa shape index (κ1) is 18.3.